The molecular formula is C8H12O5. The molecule has 74 valence electrons. The van der Waals surface area contributed by atoms with Crippen LogP contribution in [0, 0.1) is 0 Å². The third kappa shape index (κ3) is 8.52. The van der Waals surface area contributed by atoms with E-state index in [2.05, 4.69) is 4.74 Å². The molecule has 0 spiro atoms. The topological polar surface area (TPSA) is 80.7 Å². The van der Waals surface area contributed by atoms with Gasteiger partial charge in [-0.2, -0.15) is 0 Å². The molecule has 0 saturated heterocycles. The van der Waals surface area contributed by atoms with E-state index in [0.29, 0.717) is 19.3 Å². The van der Waals surface area contributed by atoms with Gasteiger partial charge in [-0.15, -0.1) is 0 Å². The van der Waals surface area contributed by atoms with E-state index in [-0.39, 0.29) is 19.3 Å². The summed E-state index contributed by atoms with van der Waals surface area (Å²) in [5.41, 5.74) is 0. The average molecular weight is 188 g/mol. The molecule has 0 atom stereocenters. The Hall–Kier alpha value is -1.39. The number of esters is 1. The van der Waals surface area contributed by atoms with Crippen molar-refractivity contribution in [2.75, 3.05) is 0 Å². The molecule has 0 aliphatic rings. The second-order valence-corrected chi connectivity index (χ2v) is 2.54. The molecule has 0 bridgehead atoms. The van der Waals surface area contributed by atoms with Gasteiger partial charge in [-0.3, -0.25) is 14.4 Å². The van der Waals surface area contributed by atoms with Crippen LogP contribution >= 0.6 is 0 Å². The Balaban J connectivity index is 3.20. The standard InChI is InChI=1S/C8H12O5/c9-6-13-8(12)5-3-1-2-4-7(10)11/h6H,1-5H2,(H,10,11). The molecule has 0 unspecified atom stereocenters. The molecule has 0 aromatic heterocycles. The fraction of sp³-hybridized carbons (Fsp3) is 0.625. The van der Waals surface area contributed by atoms with Crippen LogP contribution in [0.15, 0.2) is 0 Å². The van der Waals surface area contributed by atoms with Crippen molar-refractivity contribution in [3.05, 3.63) is 0 Å². The highest BCUT2D eigenvalue weighted by Gasteiger charge is 2.02. The summed E-state index contributed by atoms with van der Waals surface area (Å²) in [5, 5.41) is 8.27. The van der Waals surface area contributed by atoms with Gasteiger partial charge in [0.2, 0.25) is 0 Å². The number of ether oxygens (including phenoxy) is 1. The van der Waals surface area contributed by atoms with E-state index >= 15 is 0 Å². The lowest BCUT2D eigenvalue weighted by molar-refractivity contribution is -0.151. The zero-order chi connectivity index (χ0) is 10.1. The van der Waals surface area contributed by atoms with Crippen LogP contribution in [0.25, 0.3) is 0 Å². The second kappa shape index (κ2) is 7.27. The zero-order valence-electron chi connectivity index (χ0n) is 7.19. The first-order valence-corrected chi connectivity index (χ1v) is 4.01. The van der Waals surface area contributed by atoms with E-state index in [9.17, 15) is 14.4 Å². The number of unbranched alkanes of at least 4 members (excludes halogenated alkanes) is 2. The maximum Gasteiger partial charge on any atom is 0.313 e. The minimum Gasteiger partial charge on any atom is -0.481 e. The highest BCUT2D eigenvalue weighted by Crippen LogP contribution is 2.03. The number of rotatable bonds is 7. The second-order valence-electron chi connectivity index (χ2n) is 2.54. The maximum absolute atomic E-state index is 10.6. The van der Waals surface area contributed by atoms with Gasteiger partial charge in [0.25, 0.3) is 0 Å². The Morgan fingerprint density at radius 3 is 2.31 bits per heavy atom. The van der Waals surface area contributed by atoms with E-state index in [1.165, 1.54) is 0 Å². The molecule has 5 nitrogen and oxygen atoms in total. The van der Waals surface area contributed by atoms with Crippen molar-refractivity contribution < 1.29 is 24.2 Å². The quantitative estimate of drug-likeness (QED) is 0.275. The molecule has 0 aromatic carbocycles. The summed E-state index contributed by atoms with van der Waals surface area (Å²) in [6.07, 6.45) is 2.03. The van der Waals surface area contributed by atoms with Crippen molar-refractivity contribution in [2.45, 2.75) is 32.1 Å². The minimum atomic E-state index is -0.838. The van der Waals surface area contributed by atoms with Gasteiger partial charge < -0.3 is 9.84 Å². The van der Waals surface area contributed by atoms with Crippen molar-refractivity contribution in [1.82, 2.24) is 0 Å². The predicted octanol–water partition coefficient (Wildman–Crippen LogP) is 0.721. The summed E-state index contributed by atoms with van der Waals surface area (Å²) in [6.45, 7) is 0.0968. The summed E-state index contributed by atoms with van der Waals surface area (Å²) in [6, 6.07) is 0. The highest BCUT2D eigenvalue weighted by molar-refractivity contribution is 5.76. The summed E-state index contributed by atoms with van der Waals surface area (Å²) in [7, 11) is 0. The Labute approximate surface area is 75.7 Å². The molecule has 0 heterocycles. The molecule has 0 rings (SSSR count). The molecule has 0 aromatic rings. The number of carbonyl (C=O) groups is 3. The van der Waals surface area contributed by atoms with Crippen LogP contribution in [0.5, 0.6) is 0 Å². The molecule has 0 amide bonds. The number of hydrogen-bond acceptors (Lipinski definition) is 4. The predicted molar refractivity (Wildman–Crippen MR) is 42.9 cm³/mol. The molecule has 0 radical (unpaired) electrons. The van der Waals surface area contributed by atoms with E-state index in [1.807, 2.05) is 0 Å². The van der Waals surface area contributed by atoms with Gasteiger partial charge in [0, 0.05) is 12.8 Å². The first kappa shape index (κ1) is 11.6. The Morgan fingerprint density at radius 2 is 1.77 bits per heavy atom. The molecule has 0 aliphatic heterocycles. The molecule has 0 fully saturated rings. The lowest BCUT2D eigenvalue weighted by atomic mass is 10.1. The summed E-state index contributed by atoms with van der Waals surface area (Å²) in [5.74, 6) is -1.40. The SMILES string of the molecule is O=COC(=O)CCCCCC(=O)O. The van der Waals surface area contributed by atoms with E-state index in [4.69, 9.17) is 5.11 Å². The smallest absolute Gasteiger partial charge is 0.313 e. The number of carboxylic acids is 1. The number of carbonyl (C=O) groups excluding carboxylic acids is 2. The van der Waals surface area contributed by atoms with Gasteiger partial charge in [0.15, 0.2) is 0 Å². The largest absolute Gasteiger partial charge is 0.481 e. The van der Waals surface area contributed by atoms with Crippen LogP contribution in [0.4, 0.5) is 0 Å². The highest BCUT2D eigenvalue weighted by atomic mass is 16.6. The summed E-state index contributed by atoms with van der Waals surface area (Å²) >= 11 is 0. The minimum absolute atomic E-state index is 0.0968. The number of aliphatic carboxylic acids is 1. The monoisotopic (exact) mass is 188 g/mol. The first-order chi connectivity index (χ1) is 6.16. The molecule has 0 saturated carbocycles. The van der Waals surface area contributed by atoms with Crippen LogP contribution in [0.2, 0.25) is 0 Å². The lowest BCUT2D eigenvalue weighted by Gasteiger charge is -1.97. The molecule has 0 aliphatic carbocycles. The van der Waals surface area contributed by atoms with Crippen molar-refractivity contribution in [3.63, 3.8) is 0 Å². The third-order valence-corrected chi connectivity index (χ3v) is 1.45. The average Bonchev–Trinajstić information content (AvgIpc) is 2.03. The van der Waals surface area contributed by atoms with Gasteiger partial charge in [-0.25, -0.2) is 0 Å². The molecule has 13 heavy (non-hydrogen) atoms. The van der Waals surface area contributed by atoms with Crippen molar-refractivity contribution in [1.29, 1.82) is 0 Å². The third-order valence-electron chi connectivity index (χ3n) is 1.45. The Kier molecular flexibility index (Phi) is 6.49. The van der Waals surface area contributed by atoms with Gasteiger partial charge in [0.05, 0.1) is 0 Å². The van der Waals surface area contributed by atoms with Crippen molar-refractivity contribution in [3.8, 4) is 0 Å². The number of carboxylic acid groups (broad SMARTS) is 1. The lowest BCUT2D eigenvalue weighted by Crippen LogP contribution is -2.02. The maximum atomic E-state index is 10.6. The fourth-order valence-electron chi connectivity index (χ4n) is 0.835. The molecule has 5 heteroatoms. The fourth-order valence-corrected chi connectivity index (χ4v) is 0.835. The van der Waals surface area contributed by atoms with Crippen molar-refractivity contribution >= 4 is 18.4 Å². The van der Waals surface area contributed by atoms with Gasteiger partial charge in [-0.05, 0) is 12.8 Å². The van der Waals surface area contributed by atoms with Crippen molar-refractivity contribution in [2.24, 2.45) is 0 Å². The van der Waals surface area contributed by atoms with Crippen LogP contribution in [0.3, 0.4) is 0 Å². The van der Waals surface area contributed by atoms with E-state index in [0.717, 1.165) is 0 Å². The normalized spacial score (nSPS) is 9.23. The molecular weight excluding hydrogens is 176 g/mol. The Bertz CT molecular complexity index is 187. The molecule has 1 N–H and O–H groups in total. The van der Waals surface area contributed by atoms with E-state index in [1.54, 1.807) is 0 Å². The number of hydrogen-bond donors (Lipinski definition) is 1. The first-order valence-electron chi connectivity index (χ1n) is 4.01. The van der Waals surface area contributed by atoms with Gasteiger partial charge >= 0.3 is 18.4 Å². The summed E-state index contributed by atoms with van der Waals surface area (Å²) < 4.78 is 4.03. The summed E-state index contributed by atoms with van der Waals surface area (Å²) in [4.78, 5) is 30.3. The van der Waals surface area contributed by atoms with Crippen LogP contribution in [-0.4, -0.2) is 23.5 Å². The van der Waals surface area contributed by atoms with Crippen LogP contribution < -0.4 is 0 Å². The zero-order valence-corrected chi connectivity index (χ0v) is 7.19. The van der Waals surface area contributed by atoms with Crippen LogP contribution in [0.1, 0.15) is 32.1 Å². The van der Waals surface area contributed by atoms with Gasteiger partial charge in [-0.1, -0.05) is 6.42 Å². The Morgan fingerprint density at radius 1 is 1.15 bits per heavy atom. The van der Waals surface area contributed by atoms with Crippen LogP contribution in [-0.2, 0) is 19.1 Å². The van der Waals surface area contributed by atoms with Gasteiger partial charge in [0.1, 0.15) is 0 Å². The van der Waals surface area contributed by atoms with E-state index < -0.39 is 11.9 Å².